The minimum absolute atomic E-state index is 0.499. The van der Waals surface area contributed by atoms with Crippen molar-refractivity contribution in [3.05, 3.63) is 0 Å². The molecule has 0 bridgehead atoms. The van der Waals surface area contributed by atoms with Gasteiger partial charge >= 0.3 is 0 Å². The van der Waals surface area contributed by atoms with Gasteiger partial charge in [0.15, 0.2) is 5.96 Å². The number of aliphatic imine (C=N–C) groups is 1. The summed E-state index contributed by atoms with van der Waals surface area (Å²) >= 11 is 0. The van der Waals surface area contributed by atoms with Gasteiger partial charge in [-0.15, -0.1) is 0 Å². The van der Waals surface area contributed by atoms with Crippen LogP contribution in [0.15, 0.2) is 4.99 Å². The molecular formula is C12H25N3. The Morgan fingerprint density at radius 3 is 2.60 bits per heavy atom. The van der Waals surface area contributed by atoms with Crippen molar-refractivity contribution >= 4 is 5.96 Å². The second-order valence-electron chi connectivity index (χ2n) is 4.55. The molecule has 3 heteroatoms. The maximum Gasteiger partial charge on any atom is 0.191 e. The van der Waals surface area contributed by atoms with Crippen LogP contribution >= 0.6 is 0 Å². The van der Waals surface area contributed by atoms with Crippen LogP contribution in [0.2, 0.25) is 0 Å². The first-order chi connectivity index (χ1) is 7.24. The average molecular weight is 211 g/mol. The predicted octanol–water partition coefficient (Wildman–Crippen LogP) is 2.37. The maximum atomic E-state index is 5.96. The van der Waals surface area contributed by atoms with Crippen molar-refractivity contribution in [2.45, 2.75) is 57.9 Å². The Morgan fingerprint density at radius 1 is 1.33 bits per heavy atom. The molecule has 2 N–H and O–H groups in total. The molecule has 0 spiro atoms. The first kappa shape index (κ1) is 12.3. The third-order valence-electron chi connectivity index (χ3n) is 3.13. The quantitative estimate of drug-likeness (QED) is 0.431. The van der Waals surface area contributed by atoms with Crippen LogP contribution in [0.4, 0.5) is 0 Å². The molecule has 0 aromatic carbocycles. The van der Waals surface area contributed by atoms with Gasteiger partial charge in [0.25, 0.3) is 0 Å². The first-order valence-electron chi connectivity index (χ1n) is 6.28. The molecule has 0 amide bonds. The zero-order valence-electron chi connectivity index (χ0n) is 10.2. The fraction of sp³-hybridized carbons (Fsp3) is 0.917. The van der Waals surface area contributed by atoms with Gasteiger partial charge in [-0.05, 0) is 19.3 Å². The molecule has 0 unspecified atom stereocenters. The first-order valence-corrected chi connectivity index (χ1v) is 6.28. The Labute approximate surface area is 93.7 Å². The molecule has 1 fully saturated rings. The van der Waals surface area contributed by atoms with Crippen molar-refractivity contribution in [3.8, 4) is 0 Å². The number of nitrogens with two attached hydrogens (primary N) is 1. The zero-order valence-corrected chi connectivity index (χ0v) is 10.2. The van der Waals surface area contributed by atoms with E-state index >= 15 is 0 Å². The highest BCUT2D eigenvalue weighted by Crippen LogP contribution is 2.20. The second-order valence-corrected chi connectivity index (χ2v) is 4.55. The predicted molar refractivity (Wildman–Crippen MR) is 66.0 cm³/mol. The lowest BCUT2D eigenvalue weighted by atomic mass is 10.2. The number of unbranched alkanes of at least 4 members (excludes halogenated alkanes) is 2. The van der Waals surface area contributed by atoms with E-state index in [9.17, 15) is 0 Å². The highest BCUT2D eigenvalue weighted by atomic mass is 15.2. The highest BCUT2D eigenvalue weighted by molar-refractivity contribution is 5.77. The number of rotatable bonds is 5. The molecule has 0 saturated heterocycles. The van der Waals surface area contributed by atoms with Crippen molar-refractivity contribution in [3.63, 3.8) is 0 Å². The molecule has 0 aliphatic heterocycles. The largest absolute Gasteiger partial charge is 0.370 e. The molecular weight excluding hydrogens is 186 g/mol. The lowest BCUT2D eigenvalue weighted by Gasteiger charge is -2.19. The van der Waals surface area contributed by atoms with Crippen LogP contribution in [-0.2, 0) is 0 Å². The molecule has 1 rings (SSSR count). The Morgan fingerprint density at radius 2 is 2.00 bits per heavy atom. The topological polar surface area (TPSA) is 41.6 Å². The molecule has 1 aliphatic carbocycles. The van der Waals surface area contributed by atoms with Crippen LogP contribution < -0.4 is 5.73 Å². The lowest BCUT2D eigenvalue weighted by Crippen LogP contribution is -2.35. The average Bonchev–Trinajstić information content (AvgIpc) is 2.70. The highest BCUT2D eigenvalue weighted by Gasteiger charge is 2.14. The van der Waals surface area contributed by atoms with Gasteiger partial charge in [0, 0.05) is 13.6 Å². The van der Waals surface area contributed by atoms with E-state index in [0.717, 1.165) is 12.5 Å². The molecule has 0 atom stereocenters. The van der Waals surface area contributed by atoms with Crippen molar-refractivity contribution in [2.75, 3.05) is 13.6 Å². The number of hydrogen-bond acceptors (Lipinski definition) is 1. The molecule has 0 heterocycles. The number of nitrogens with zero attached hydrogens (tertiary/aromatic N) is 2. The fourth-order valence-corrected chi connectivity index (χ4v) is 2.03. The third-order valence-corrected chi connectivity index (χ3v) is 3.13. The van der Waals surface area contributed by atoms with E-state index in [1.165, 1.54) is 44.9 Å². The normalized spacial score (nSPS) is 18.4. The van der Waals surface area contributed by atoms with E-state index in [2.05, 4.69) is 16.8 Å². The van der Waals surface area contributed by atoms with Crippen LogP contribution in [0.5, 0.6) is 0 Å². The van der Waals surface area contributed by atoms with Crippen molar-refractivity contribution in [1.82, 2.24) is 4.90 Å². The van der Waals surface area contributed by atoms with E-state index in [4.69, 9.17) is 5.73 Å². The summed E-state index contributed by atoms with van der Waals surface area (Å²) in [5, 5.41) is 0. The van der Waals surface area contributed by atoms with Crippen LogP contribution in [0.1, 0.15) is 51.9 Å². The molecule has 15 heavy (non-hydrogen) atoms. The molecule has 1 aliphatic rings. The van der Waals surface area contributed by atoms with Crippen molar-refractivity contribution in [2.24, 2.45) is 10.7 Å². The fourth-order valence-electron chi connectivity index (χ4n) is 2.03. The molecule has 0 aromatic heterocycles. The summed E-state index contributed by atoms with van der Waals surface area (Å²) in [6.45, 7) is 3.26. The Balaban J connectivity index is 2.27. The van der Waals surface area contributed by atoms with Gasteiger partial charge in [-0.1, -0.05) is 32.6 Å². The van der Waals surface area contributed by atoms with Gasteiger partial charge in [-0.2, -0.15) is 0 Å². The van der Waals surface area contributed by atoms with Gasteiger partial charge < -0.3 is 10.6 Å². The van der Waals surface area contributed by atoms with Crippen molar-refractivity contribution in [1.29, 1.82) is 0 Å². The molecule has 3 nitrogen and oxygen atoms in total. The summed E-state index contributed by atoms with van der Waals surface area (Å²) in [5.41, 5.74) is 5.96. The standard InChI is InChI=1S/C12H25N3/c1-3-4-7-10-15(2)12(13)14-11-8-5-6-9-11/h11H,3-10H2,1-2H3,(H2,13,14). The van der Waals surface area contributed by atoms with Crippen LogP contribution in [-0.4, -0.2) is 30.5 Å². The van der Waals surface area contributed by atoms with Gasteiger partial charge in [0.05, 0.1) is 6.04 Å². The lowest BCUT2D eigenvalue weighted by molar-refractivity contribution is 0.465. The summed E-state index contributed by atoms with van der Waals surface area (Å²) in [6.07, 6.45) is 8.84. The molecule has 88 valence electrons. The maximum absolute atomic E-state index is 5.96. The van der Waals surface area contributed by atoms with Gasteiger partial charge in [0.2, 0.25) is 0 Å². The van der Waals surface area contributed by atoms with E-state index in [1.807, 2.05) is 7.05 Å². The van der Waals surface area contributed by atoms with Crippen molar-refractivity contribution < 1.29 is 0 Å². The summed E-state index contributed by atoms with van der Waals surface area (Å²) in [4.78, 5) is 6.67. The second kappa shape index (κ2) is 6.70. The minimum atomic E-state index is 0.499. The summed E-state index contributed by atoms with van der Waals surface area (Å²) in [5.74, 6) is 0.734. The Bertz CT molecular complexity index is 195. The van der Waals surface area contributed by atoms with Crippen LogP contribution in [0.25, 0.3) is 0 Å². The smallest absolute Gasteiger partial charge is 0.191 e. The minimum Gasteiger partial charge on any atom is -0.370 e. The summed E-state index contributed by atoms with van der Waals surface area (Å²) in [7, 11) is 2.05. The molecule has 0 aromatic rings. The van der Waals surface area contributed by atoms with E-state index < -0.39 is 0 Å². The Kier molecular flexibility index (Phi) is 5.51. The SMILES string of the molecule is CCCCCN(C)C(N)=NC1CCCC1. The Hall–Kier alpha value is -0.730. The van der Waals surface area contributed by atoms with E-state index in [1.54, 1.807) is 0 Å². The number of guanidine groups is 1. The monoisotopic (exact) mass is 211 g/mol. The third kappa shape index (κ3) is 4.54. The van der Waals surface area contributed by atoms with E-state index in [-0.39, 0.29) is 0 Å². The van der Waals surface area contributed by atoms with Crippen LogP contribution in [0.3, 0.4) is 0 Å². The number of hydrogen-bond donors (Lipinski definition) is 1. The molecule has 1 saturated carbocycles. The summed E-state index contributed by atoms with van der Waals surface area (Å²) < 4.78 is 0. The van der Waals surface area contributed by atoms with Gasteiger partial charge in [-0.25, -0.2) is 4.99 Å². The van der Waals surface area contributed by atoms with Gasteiger partial charge in [-0.3, -0.25) is 0 Å². The van der Waals surface area contributed by atoms with E-state index in [0.29, 0.717) is 6.04 Å². The zero-order chi connectivity index (χ0) is 11.1. The summed E-state index contributed by atoms with van der Waals surface area (Å²) in [6, 6.07) is 0.499. The van der Waals surface area contributed by atoms with Gasteiger partial charge in [0.1, 0.15) is 0 Å². The van der Waals surface area contributed by atoms with Crippen LogP contribution in [0, 0.1) is 0 Å². The molecule has 0 radical (unpaired) electrons.